The number of benzene rings is 1. The standard InChI is InChI=1S/C17H26N2O/c1-12(2)14-4-6-15(7-5-14)13(3)10-17(20)19-16-8-9-18-11-16/h4-7,12-13,16,18H,8-11H2,1-3H3,(H,19,20). The lowest BCUT2D eigenvalue weighted by atomic mass is 9.94. The predicted octanol–water partition coefficient (Wildman–Crippen LogP) is 2.78. The van der Waals surface area contributed by atoms with Crippen LogP contribution in [0.2, 0.25) is 0 Å². The molecule has 3 heteroatoms. The van der Waals surface area contributed by atoms with Crippen molar-refractivity contribution >= 4 is 5.91 Å². The van der Waals surface area contributed by atoms with E-state index in [0.29, 0.717) is 18.4 Å². The predicted molar refractivity (Wildman–Crippen MR) is 83.0 cm³/mol. The van der Waals surface area contributed by atoms with Crippen LogP contribution in [-0.2, 0) is 4.79 Å². The molecular weight excluding hydrogens is 248 g/mol. The van der Waals surface area contributed by atoms with Gasteiger partial charge in [-0.2, -0.15) is 0 Å². The van der Waals surface area contributed by atoms with Gasteiger partial charge in [-0.1, -0.05) is 45.0 Å². The van der Waals surface area contributed by atoms with Gasteiger partial charge in [-0.3, -0.25) is 4.79 Å². The van der Waals surface area contributed by atoms with Crippen molar-refractivity contribution in [3.63, 3.8) is 0 Å². The topological polar surface area (TPSA) is 41.1 Å². The molecule has 110 valence electrons. The van der Waals surface area contributed by atoms with Gasteiger partial charge in [-0.25, -0.2) is 0 Å². The summed E-state index contributed by atoms with van der Waals surface area (Å²) in [5.74, 6) is 0.988. The molecule has 1 heterocycles. The minimum atomic E-state index is 0.166. The molecule has 0 aromatic heterocycles. The highest BCUT2D eigenvalue weighted by Crippen LogP contribution is 2.22. The molecule has 0 bridgehead atoms. The van der Waals surface area contributed by atoms with Gasteiger partial charge in [0.15, 0.2) is 0 Å². The van der Waals surface area contributed by atoms with Gasteiger partial charge >= 0.3 is 0 Å². The summed E-state index contributed by atoms with van der Waals surface area (Å²) in [4.78, 5) is 12.0. The van der Waals surface area contributed by atoms with Crippen LogP contribution in [0.5, 0.6) is 0 Å². The molecule has 1 aromatic rings. The summed E-state index contributed by atoms with van der Waals surface area (Å²) in [6.07, 6.45) is 1.61. The minimum absolute atomic E-state index is 0.166. The summed E-state index contributed by atoms with van der Waals surface area (Å²) in [7, 11) is 0. The number of hydrogen-bond acceptors (Lipinski definition) is 2. The van der Waals surface area contributed by atoms with Crippen LogP contribution in [0.25, 0.3) is 0 Å². The maximum Gasteiger partial charge on any atom is 0.220 e. The fraction of sp³-hybridized carbons (Fsp3) is 0.588. The molecule has 2 N–H and O–H groups in total. The van der Waals surface area contributed by atoms with Crippen LogP contribution in [0.15, 0.2) is 24.3 Å². The van der Waals surface area contributed by atoms with E-state index in [1.54, 1.807) is 0 Å². The van der Waals surface area contributed by atoms with Gasteiger partial charge in [0, 0.05) is 19.0 Å². The van der Waals surface area contributed by atoms with E-state index < -0.39 is 0 Å². The van der Waals surface area contributed by atoms with Gasteiger partial charge in [-0.15, -0.1) is 0 Å². The second kappa shape index (κ2) is 6.89. The Bertz CT molecular complexity index is 433. The van der Waals surface area contributed by atoms with Crippen LogP contribution >= 0.6 is 0 Å². The molecule has 2 rings (SSSR count). The first-order valence-corrected chi connectivity index (χ1v) is 7.66. The first-order chi connectivity index (χ1) is 9.56. The minimum Gasteiger partial charge on any atom is -0.352 e. The van der Waals surface area contributed by atoms with E-state index in [4.69, 9.17) is 0 Å². The van der Waals surface area contributed by atoms with Crippen molar-refractivity contribution in [3.05, 3.63) is 35.4 Å². The first kappa shape index (κ1) is 15.0. The first-order valence-electron chi connectivity index (χ1n) is 7.66. The van der Waals surface area contributed by atoms with Gasteiger partial charge in [0.1, 0.15) is 0 Å². The monoisotopic (exact) mass is 274 g/mol. The third-order valence-corrected chi connectivity index (χ3v) is 4.09. The lowest BCUT2D eigenvalue weighted by Gasteiger charge is -2.16. The normalized spacial score (nSPS) is 20.1. The highest BCUT2D eigenvalue weighted by Gasteiger charge is 2.18. The Morgan fingerprint density at radius 2 is 1.90 bits per heavy atom. The number of hydrogen-bond donors (Lipinski definition) is 2. The third-order valence-electron chi connectivity index (χ3n) is 4.09. The third kappa shape index (κ3) is 4.07. The lowest BCUT2D eigenvalue weighted by Crippen LogP contribution is -2.36. The zero-order valence-electron chi connectivity index (χ0n) is 12.8. The number of carbonyl (C=O) groups is 1. The molecule has 0 saturated carbocycles. The SMILES string of the molecule is CC(C)c1ccc(C(C)CC(=O)NC2CCNC2)cc1. The van der Waals surface area contributed by atoms with E-state index in [1.165, 1.54) is 11.1 Å². The molecule has 3 nitrogen and oxygen atoms in total. The Labute approximate surface area is 122 Å². The van der Waals surface area contributed by atoms with Crippen LogP contribution in [0.1, 0.15) is 56.6 Å². The second-order valence-corrected chi connectivity index (χ2v) is 6.18. The summed E-state index contributed by atoms with van der Waals surface area (Å²) >= 11 is 0. The van der Waals surface area contributed by atoms with Crippen molar-refractivity contribution in [1.29, 1.82) is 0 Å². The summed E-state index contributed by atoms with van der Waals surface area (Å²) in [6.45, 7) is 8.43. The Hall–Kier alpha value is -1.35. The molecule has 2 unspecified atom stereocenters. The van der Waals surface area contributed by atoms with E-state index >= 15 is 0 Å². The van der Waals surface area contributed by atoms with Crippen molar-refractivity contribution in [3.8, 4) is 0 Å². The van der Waals surface area contributed by atoms with E-state index in [2.05, 4.69) is 55.7 Å². The molecule has 1 amide bonds. The molecule has 1 aromatic carbocycles. The molecule has 1 aliphatic rings. The Balaban J connectivity index is 1.86. The van der Waals surface area contributed by atoms with Crippen molar-refractivity contribution in [2.24, 2.45) is 0 Å². The van der Waals surface area contributed by atoms with Gasteiger partial charge < -0.3 is 10.6 Å². The van der Waals surface area contributed by atoms with E-state index in [9.17, 15) is 4.79 Å². The second-order valence-electron chi connectivity index (χ2n) is 6.18. The maximum absolute atomic E-state index is 12.0. The Morgan fingerprint density at radius 1 is 1.25 bits per heavy atom. The fourth-order valence-electron chi connectivity index (χ4n) is 2.67. The van der Waals surface area contributed by atoms with E-state index in [1.807, 2.05) is 0 Å². The number of amides is 1. The number of rotatable bonds is 5. The van der Waals surface area contributed by atoms with Crippen LogP contribution < -0.4 is 10.6 Å². The molecular formula is C17H26N2O. The Morgan fingerprint density at radius 3 is 2.45 bits per heavy atom. The zero-order valence-corrected chi connectivity index (χ0v) is 12.8. The number of carbonyl (C=O) groups excluding carboxylic acids is 1. The molecule has 2 atom stereocenters. The lowest BCUT2D eigenvalue weighted by molar-refractivity contribution is -0.122. The summed E-state index contributed by atoms with van der Waals surface area (Å²) < 4.78 is 0. The van der Waals surface area contributed by atoms with E-state index in [-0.39, 0.29) is 11.8 Å². The van der Waals surface area contributed by atoms with Crippen molar-refractivity contribution < 1.29 is 4.79 Å². The maximum atomic E-state index is 12.0. The van der Waals surface area contributed by atoms with Gasteiger partial charge in [0.25, 0.3) is 0 Å². The van der Waals surface area contributed by atoms with Crippen molar-refractivity contribution in [2.45, 2.75) is 51.5 Å². The smallest absolute Gasteiger partial charge is 0.220 e. The zero-order chi connectivity index (χ0) is 14.5. The number of nitrogens with one attached hydrogen (secondary N) is 2. The van der Waals surface area contributed by atoms with Crippen LogP contribution in [-0.4, -0.2) is 25.0 Å². The van der Waals surface area contributed by atoms with Gasteiger partial charge in [0.2, 0.25) is 5.91 Å². The van der Waals surface area contributed by atoms with Gasteiger partial charge in [-0.05, 0) is 35.9 Å². The van der Waals surface area contributed by atoms with Crippen LogP contribution in [0, 0.1) is 0 Å². The average Bonchev–Trinajstić information content (AvgIpc) is 2.91. The average molecular weight is 274 g/mol. The largest absolute Gasteiger partial charge is 0.352 e. The Kier molecular flexibility index (Phi) is 5.18. The molecule has 1 fully saturated rings. The quantitative estimate of drug-likeness (QED) is 0.867. The van der Waals surface area contributed by atoms with Gasteiger partial charge in [0.05, 0.1) is 0 Å². The summed E-state index contributed by atoms with van der Waals surface area (Å²) in [5, 5.41) is 6.37. The molecule has 1 saturated heterocycles. The van der Waals surface area contributed by atoms with Crippen molar-refractivity contribution in [1.82, 2.24) is 10.6 Å². The summed E-state index contributed by atoms with van der Waals surface area (Å²) in [6, 6.07) is 8.98. The van der Waals surface area contributed by atoms with Crippen LogP contribution in [0.3, 0.4) is 0 Å². The molecule has 0 spiro atoms. The summed E-state index contributed by atoms with van der Waals surface area (Å²) in [5.41, 5.74) is 2.59. The highest BCUT2D eigenvalue weighted by atomic mass is 16.1. The fourth-order valence-corrected chi connectivity index (χ4v) is 2.67. The molecule has 1 aliphatic heterocycles. The highest BCUT2D eigenvalue weighted by molar-refractivity contribution is 5.77. The van der Waals surface area contributed by atoms with Crippen LogP contribution in [0.4, 0.5) is 0 Å². The van der Waals surface area contributed by atoms with Crippen molar-refractivity contribution in [2.75, 3.05) is 13.1 Å². The van der Waals surface area contributed by atoms with E-state index in [0.717, 1.165) is 19.5 Å². The molecule has 0 aliphatic carbocycles. The molecule has 20 heavy (non-hydrogen) atoms. The molecule has 0 radical (unpaired) electrons.